The van der Waals surface area contributed by atoms with Gasteiger partial charge in [0.2, 0.25) is 17.7 Å². The van der Waals surface area contributed by atoms with Gasteiger partial charge in [0, 0.05) is 37.9 Å². The second-order valence-electron chi connectivity index (χ2n) is 8.16. The van der Waals surface area contributed by atoms with Gasteiger partial charge >= 0.3 is 0 Å². The molecule has 3 rings (SSSR count). The Morgan fingerprint density at radius 1 is 1.00 bits per heavy atom. The van der Waals surface area contributed by atoms with Gasteiger partial charge in [-0.05, 0) is 41.3 Å². The first-order valence-corrected chi connectivity index (χ1v) is 10.4. The van der Waals surface area contributed by atoms with Gasteiger partial charge in [-0.2, -0.15) is 0 Å². The Bertz CT molecular complexity index is 940. The zero-order valence-electron chi connectivity index (χ0n) is 18.2. The molecule has 0 bridgehead atoms. The molecule has 1 atom stereocenters. The highest BCUT2D eigenvalue weighted by molar-refractivity contribution is 5.98. The highest BCUT2D eigenvalue weighted by atomic mass is 16.5. The first kappa shape index (κ1) is 22.5. The second kappa shape index (κ2) is 10.2. The zero-order chi connectivity index (χ0) is 22.4. The van der Waals surface area contributed by atoms with Crippen molar-refractivity contribution in [3.63, 3.8) is 0 Å². The molecule has 164 valence electrons. The summed E-state index contributed by atoms with van der Waals surface area (Å²) in [5.41, 5.74) is 3.39. The molecular formula is C24H29N3O4. The fourth-order valence-corrected chi connectivity index (χ4v) is 3.68. The number of methoxy groups -OCH3 is 1. The summed E-state index contributed by atoms with van der Waals surface area (Å²) in [6, 6.07) is 14.2. The number of nitrogens with zero attached hydrogens (tertiary/aromatic N) is 1. The van der Waals surface area contributed by atoms with E-state index in [0.29, 0.717) is 30.8 Å². The summed E-state index contributed by atoms with van der Waals surface area (Å²) in [5, 5.41) is 5.62. The van der Waals surface area contributed by atoms with Gasteiger partial charge in [-0.3, -0.25) is 14.4 Å². The van der Waals surface area contributed by atoms with E-state index in [0.717, 1.165) is 11.1 Å². The van der Waals surface area contributed by atoms with E-state index in [-0.39, 0.29) is 30.2 Å². The maximum Gasteiger partial charge on any atom is 0.250 e. The van der Waals surface area contributed by atoms with Crippen molar-refractivity contribution in [3.8, 4) is 0 Å². The van der Waals surface area contributed by atoms with Crippen molar-refractivity contribution in [2.45, 2.75) is 39.3 Å². The van der Waals surface area contributed by atoms with E-state index in [4.69, 9.17) is 4.74 Å². The number of benzene rings is 2. The van der Waals surface area contributed by atoms with Crippen LogP contribution in [0.1, 0.15) is 31.4 Å². The smallest absolute Gasteiger partial charge is 0.250 e. The minimum absolute atomic E-state index is 0.0131. The molecule has 1 heterocycles. The number of anilines is 2. The summed E-state index contributed by atoms with van der Waals surface area (Å²) in [4.78, 5) is 39.3. The van der Waals surface area contributed by atoms with E-state index in [2.05, 4.69) is 10.6 Å². The number of rotatable bonds is 7. The van der Waals surface area contributed by atoms with Gasteiger partial charge in [0.05, 0.1) is 0 Å². The largest absolute Gasteiger partial charge is 0.375 e. The Kier molecular flexibility index (Phi) is 7.41. The fraction of sp³-hybridized carbons (Fsp3) is 0.375. The molecule has 2 N–H and O–H groups in total. The molecule has 0 fully saturated rings. The molecule has 0 radical (unpaired) electrons. The summed E-state index contributed by atoms with van der Waals surface area (Å²) >= 11 is 0. The van der Waals surface area contributed by atoms with Gasteiger partial charge in [-0.15, -0.1) is 0 Å². The Morgan fingerprint density at radius 2 is 1.61 bits per heavy atom. The molecule has 0 saturated carbocycles. The fourth-order valence-electron chi connectivity index (χ4n) is 3.68. The molecule has 31 heavy (non-hydrogen) atoms. The Labute approximate surface area is 182 Å². The van der Waals surface area contributed by atoms with Crippen LogP contribution in [0.3, 0.4) is 0 Å². The Morgan fingerprint density at radius 3 is 2.23 bits per heavy atom. The van der Waals surface area contributed by atoms with Crippen LogP contribution in [0, 0.1) is 5.92 Å². The monoisotopic (exact) mass is 423 g/mol. The van der Waals surface area contributed by atoms with Crippen LogP contribution in [0.25, 0.3) is 0 Å². The van der Waals surface area contributed by atoms with Crippen molar-refractivity contribution in [2.75, 3.05) is 24.4 Å². The van der Waals surface area contributed by atoms with Crippen LogP contribution in [-0.4, -0.2) is 42.4 Å². The van der Waals surface area contributed by atoms with Crippen LogP contribution in [0.4, 0.5) is 11.4 Å². The maximum absolute atomic E-state index is 13.1. The summed E-state index contributed by atoms with van der Waals surface area (Å²) < 4.78 is 4.80. The molecule has 1 aliphatic rings. The lowest BCUT2D eigenvalue weighted by atomic mass is 9.92. The first-order valence-electron chi connectivity index (χ1n) is 10.4. The lowest BCUT2D eigenvalue weighted by Gasteiger charge is -2.36. The van der Waals surface area contributed by atoms with Crippen molar-refractivity contribution >= 4 is 29.1 Å². The van der Waals surface area contributed by atoms with E-state index >= 15 is 0 Å². The molecule has 0 aromatic heterocycles. The molecule has 1 aliphatic heterocycles. The van der Waals surface area contributed by atoms with Crippen molar-refractivity contribution < 1.29 is 19.1 Å². The van der Waals surface area contributed by atoms with E-state index < -0.39 is 6.04 Å². The number of nitrogens with one attached hydrogen (secondary N) is 2. The predicted octanol–water partition coefficient (Wildman–Crippen LogP) is 3.21. The molecule has 3 amide bonds. The van der Waals surface area contributed by atoms with Gasteiger partial charge in [-0.1, -0.05) is 38.1 Å². The average Bonchev–Trinajstić information content (AvgIpc) is 2.74. The molecule has 1 unspecified atom stereocenters. The highest BCUT2D eigenvalue weighted by Crippen LogP contribution is 2.26. The molecule has 0 saturated heterocycles. The van der Waals surface area contributed by atoms with E-state index in [1.807, 2.05) is 38.1 Å². The van der Waals surface area contributed by atoms with Crippen LogP contribution >= 0.6 is 0 Å². The summed E-state index contributed by atoms with van der Waals surface area (Å²) in [6.07, 6.45) is 0.888. The normalized spacial score (nSPS) is 15.4. The quantitative estimate of drug-likeness (QED) is 0.716. The van der Waals surface area contributed by atoms with Gasteiger partial charge in [-0.25, -0.2) is 0 Å². The topological polar surface area (TPSA) is 87.7 Å². The Hall–Kier alpha value is -3.19. The van der Waals surface area contributed by atoms with E-state index in [1.165, 1.54) is 7.11 Å². The van der Waals surface area contributed by atoms with Crippen LogP contribution in [0.15, 0.2) is 48.5 Å². The number of ether oxygens (including phenoxy) is 1. The number of fused-ring (bicyclic) bond motifs is 1. The van der Waals surface area contributed by atoms with Crippen molar-refractivity contribution in [2.24, 2.45) is 5.92 Å². The number of carbonyl (C=O) groups is 3. The highest BCUT2D eigenvalue weighted by Gasteiger charge is 2.34. The van der Waals surface area contributed by atoms with Gasteiger partial charge in [0.1, 0.15) is 12.6 Å². The third-order valence-electron chi connectivity index (χ3n) is 5.17. The molecule has 2 aromatic carbocycles. The summed E-state index contributed by atoms with van der Waals surface area (Å²) in [6.45, 7) is 4.40. The minimum Gasteiger partial charge on any atom is -0.375 e. The standard InChI is InChI=1S/C24H29N3O4/c1-16(2)12-23(29)27-14-18-7-5-4-6-17(18)13-21(27)24(30)26-20-10-8-19(9-11-20)25-22(28)15-31-3/h4-11,16,21H,12-15H2,1-3H3,(H,25,28)(H,26,30). The average molecular weight is 424 g/mol. The SMILES string of the molecule is COCC(=O)Nc1ccc(NC(=O)C2Cc3ccccc3CN2C(=O)CC(C)C)cc1. The number of hydrogen-bond acceptors (Lipinski definition) is 4. The molecule has 0 spiro atoms. The van der Waals surface area contributed by atoms with Crippen molar-refractivity contribution in [3.05, 3.63) is 59.7 Å². The minimum atomic E-state index is -0.567. The van der Waals surface area contributed by atoms with E-state index in [1.54, 1.807) is 29.2 Å². The lowest BCUT2D eigenvalue weighted by molar-refractivity contribution is -0.140. The number of amides is 3. The van der Waals surface area contributed by atoms with Gasteiger partial charge < -0.3 is 20.3 Å². The zero-order valence-corrected chi connectivity index (χ0v) is 18.2. The van der Waals surface area contributed by atoms with Gasteiger partial charge in [0.15, 0.2) is 0 Å². The predicted molar refractivity (Wildman–Crippen MR) is 120 cm³/mol. The molecule has 0 aliphatic carbocycles. The molecule has 2 aromatic rings. The maximum atomic E-state index is 13.1. The number of hydrogen-bond donors (Lipinski definition) is 2. The lowest BCUT2D eigenvalue weighted by Crippen LogP contribution is -2.50. The van der Waals surface area contributed by atoms with E-state index in [9.17, 15) is 14.4 Å². The second-order valence-corrected chi connectivity index (χ2v) is 8.16. The Balaban J connectivity index is 1.73. The van der Waals surface area contributed by atoms with Gasteiger partial charge in [0.25, 0.3) is 0 Å². The van der Waals surface area contributed by atoms with Crippen molar-refractivity contribution in [1.82, 2.24) is 4.90 Å². The first-order chi connectivity index (χ1) is 14.9. The van der Waals surface area contributed by atoms with Crippen LogP contribution < -0.4 is 10.6 Å². The van der Waals surface area contributed by atoms with Crippen LogP contribution in [0.2, 0.25) is 0 Å². The summed E-state index contributed by atoms with van der Waals surface area (Å²) in [7, 11) is 1.46. The molecular weight excluding hydrogens is 394 g/mol. The van der Waals surface area contributed by atoms with Crippen LogP contribution in [-0.2, 0) is 32.1 Å². The third-order valence-corrected chi connectivity index (χ3v) is 5.17. The molecule has 7 heteroatoms. The third kappa shape index (κ3) is 5.92. The summed E-state index contributed by atoms with van der Waals surface area (Å²) in [5.74, 6) is -0.266. The molecule has 7 nitrogen and oxygen atoms in total. The van der Waals surface area contributed by atoms with Crippen molar-refractivity contribution in [1.29, 1.82) is 0 Å². The number of carbonyl (C=O) groups excluding carboxylic acids is 3. The van der Waals surface area contributed by atoms with Crippen LogP contribution in [0.5, 0.6) is 0 Å².